The van der Waals surface area contributed by atoms with E-state index in [-0.39, 0.29) is 11.5 Å². The summed E-state index contributed by atoms with van der Waals surface area (Å²) in [5.74, 6) is -0.366. The fourth-order valence-electron chi connectivity index (χ4n) is 1.98. The number of amides is 1. The van der Waals surface area contributed by atoms with Crippen LogP contribution in [0.2, 0.25) is 0 Å². The number of rotatable bonds is 7. The van der Waals surface area contributed by atoms with Gasteiger partial charge in [-0.2, -0.15) is 5.26 Å². The highest BCUT2D eigenvalue weighted by molar-refractivity contribution is 5.97. The molecule has 3 N–H and O–H groups in total. The fourth-order valence-corrected chi connectivity index (χ4v) is 1.98. The molecule has 0 radical (unpaired) electrons. The Labute approximate surface area is 142 Å². The van der Waals surface area contributed by atoms with E-state index >= 15 is 0 Å². The molecule has 0 aliphatic carbocycles. The van der Waals surface area contributed by atoms with Gasteiger partial charge in [-0.15, -0.1) is 0 Å². The van der Waals surface area contributed by atoms with Gasteiger partial charge in [0.2, 0.25) is 0 Å². The third kappa shape index (κ3) is 5.18. The molecule has 0 heterocycles. The lowest BCUT2D eigenvalue weighted by atomic mass is 10.2. The standard InChI is InChI=1S/C19H20N4O/c1-2-12-21-19(24)15(13-20)14-22-16-8-10-18(11-9-16)23-17-6-4-3-5-7-17/h3-11,14,22-23H,2,12H2,1H3,(H,21,24)/b15-14-. The van der Waals surface area contributed by atoms with Crippen molar-refractivity contribution in [2.75, 3.05) is 17.2 Å². The summed E-state index contributed by atoms with van der Waals surface area (Å²) >= 11 is 0. The van der Waals surface area contributed by atoms with Gasteiger partial charge in [-0.25, -0.2) is 0 Å². The van der Waals surface area contributed by atoms with E-state index < -0.39 is 0 Å². The summed E-state index contributed by atoms with van der Waals surface area (Å²) in [6, 6.07) is 19.4. The van der Waals surface area contributed by atoms with Crippen molar-refractivity contribution in [1.82, 2.24) is 5.32 Å². The molecule has 2 aromatic carbocycles. The summed E-state index contributed by atoms with van der Waals surface area (Å²) in [7, 11) is 0. The van der Waals surface area contributed by atoms with E-state index in [0.717, 1.165) is 23.5 Å². The van der Waals surface area contributed by atoms with Crippen molar-refractivity contribution >= 4 is 23.0 Å². The van der Waals surface area contributed by atoms with Crippen LogP contribution in [0.5, 0.6) is 0 Å². The summed E-state index contributed by atoms with van der Waals surface area (Å²) in [4.78, 5) is 11.8. The average molecular weight is 320 g/mol. The highest BCUT2D eigenvalue weighted by Crippen LogP contribution is 2.18. The van der Waals surface area contributed by atoms with E-state index in [0.29, 0.717) is 6.54 Å². The topological polar surface area (TPSA) is 77.0 Å². The number of hydrogen-bond donors (Lipinski definition) is 3. The number of nitrogens with zero attached hydrogens (tertiary/aromatic N) is 1. The normalized spacial score (nSPS) is 10.6. The molecule has 5 heteroatoms. The SMILES string of the molecule is CCCNC(=O)/C(C#N)=C\Nc1ccc(Nc2ccccc2)cc1. The second kappa shape index (κ2) is 9.01. The molecule has 0 fully saturated rings. The van der Waals surface area contributed by atoms with Gasteiger partial charge < -0.3 is 16.0 Å². The molecule has 0 atom stereocenters. The van der Waals surface area contributed by atoms with Crippen molar-refractivity contribution in [3.63, 3.8) is 0 Å². The molecule has 0 aliphatic rings. The molecule has 1 amide bonds. The molecular weight excluding hydrogens is 300 g/mol. The first kappa shape index (κ1) is 17.1. The van der Waals surface area contributed by atoms with Gasteiger partial charge >= 0.3 is 0 Å². The molecule has 5 nitrogen and oxygen atoms in total. The van der Waals surface area contributed by atoms with Crippen molar-refractivity contribution in [3.05, 3.63) is 66.4 Å². The van der Waals surface area contributed by atoms with E-state index in [9.17, 15) is 4.79 Å². The van der Waals surface area contributed by atoms with Gasteiger partial charge in [0, 0.05) is 29.8 Å². The summed E-state index contributed by atoms with van der Waals surface area (Å²) in [5, 5.41) is 18.0. The van der Waals surface area contributed by atoms with Crippen LogP contribution in [-0.2, 0) is 4.79 Å². The fraction of sp³-hybridized carbons (Fsp3) is 0.158. The van der Waals surface area contributed by atoms with Crippen molar-refractivity contribution in [2.45, 2.75) is 13.3 Å². The Balaban J connectivity index is 1.97. The highest BCUT2D eigenvalue weighted by atomic mass is 16.1. The molecule has 0 bridgehead atoms. The van der Waals surface area contributed by atoms with Crippen LogP contribution in [0, 0.1) is 11.3 Å². The van der Waals surface area contributed by atoms with Crippen LogP contribution < -0.4 is 16.0 Å². The maximum Gasteiger partial charge on any atom is 0.263 e. The minimum Gasteiger partial charge on any atom is -0.360 e. The molecule has 2 aromatic rings. The number of carbonyl (C=O) groups is 1. The van der Waals surface area contributed by atoms with Crippen molar-refractivity contribution in [1.29, 1.82) is 5.26 Å². The Bertz CT molecular complexity index is 730. The van der Waals surface area contributed by atoms with Gasteiger partial charge in [0.1, 0.15) is 11.6 Å². The van der Waals surface area contributed by atoms with Gasteiger partial charge in [-0.3, -0.25) is 4.79 Å². The van der Waals surface area contributed by atoms with Gasteiger partial charge in [0.15, 0.2) is 0 Å². The number of carbonyl (C=O) groups excluding carboxylic acids is 1. The zero-order chi connectivity index (χ0) is 17.2. The van der Waals surface area contributed by atoms with Crippen molar-refractivity contribution in [3.8, 4) is 6.07 Å². The first-order valence-corrected chi connectivity index (χ1v) is 7.80. The first-order valence-electron chi connectivity index (χ1n) is 7.80. The van der Waals surface area contributed by atoms with Gasteiger partial charge in [0.05, 0.1) is 0 Å². The summed E-state index contributed by atoms with van der Waals surface area (Å²) in [6.45, 7) is 2.51. The molecule has 0 aromatic heterocycles. The first-order chi connectivity index (χ1) is 11.7. The van der Waals surface area contributed by atoms with E-state index in [2.05, 4.69) is 16.0 Å². The Morgan fingerprint density at radius 2 is 1.67 bits per heavy atom. The predicted molar refractivity (Wildman–Crippen MR) is 96.8 cm³/mol. The molecule has 24 heavy (non-hydrogen) atoms. The smallest absolute Gasteiger partial charge is 0.263 e. The molecular formula is C19H20N4O. The molecule has 0 saturated heterocycles. The van der Waals surface area contributed by atoms with E-state index in [1.54, 1.807) is 0 Å². The molecule has 0 aliphatic heterocycles. The number of nitrogens with one attached hydrogen (secondary N) is 3. The molecule has 0 spiro atoms. The van der Waals surface area contributed by atoms with Crippen LogP contribution >= 0.6 is 0 Å². The van der Waals surface area contributed by atoms with Crippen LogP contribution in [0.4, 0.5) is 17.1 Å². The zero-order valence-corrected chi connectivity index (χ0v) is 13.5. The second-order valence-electron chi connectivity index (χ2n) is 5.14. The van der Waals surface area contributed by atoms with Crippen LogP contribution in [0.1, 0.15) is 13.3 Å². The Hall–Kier alpha value is -3.26. The number of hydrogen-bond acceptors (Lipinski definition) is 4. The van der Waals surface area contributed by atoms with Crippen LogP contribution in [0.3, 0.4) is 0 Å². The third-order valence-corrected chi connectivity index (χ3v) is 3.23. The summed E-state index contributed by atoms with van der Waals surface area (Å²) in [6.07, 6.45) is 2.25. The summed E-state index contributed by atoms with van der Waals surface area (Å²) in [5.41, 5.74) is 2.81. The van der Waals surface area contributed by atoms with Gasteiger partial charge in [-0.05, 0) is 42.8 Å². The lowest BCUT2D eigenvalue weighted by molar-refractivity contribution is -0.117. The quantitative estimate of drug-likeness (QED) is 0.536. The minimum absolute atomic E-state index is 0.0509. The maximum atomic E-state index is 11.8. The monoisotopic (exact) mass is 320 g/mol. The number of benzene rings is 2. The van der Waals surface area contributed by atoms with Crippen LogP contribution in [0.15, 0.2) is 66.4 Å². The molecule has 122 valence electrons. The van der Waals surface area contributed by atoms with E-state index in [1.807, 2.05) is 67.6 Å². The van der Waals surface area contributed by atoms with Gasteiger partial charge in [-0.1, -0.05) is 25.1 Å². The van der Waals surface area contributed by atoms with E-state index in [1.165, 1.54) is 6.20 Å². The molecule has 0 saturated carbocycles. The zero-order valence-electron chi connectivity index (χ0n) is 13.5. The van der Waals surface area contributed by atoms with Crippen molar-refractivity contribution < 1.29 is 4.79 Å². The van der Waals surface area contributed by atoms with Crippen LogP contribution in [-0.4, -0.2) is 12.5 Å². The molecule has 0 unspecified atom stereocenters. The number of nitriles is 1. The van der Waals surface area contributed by atoms with Crippen LogP contribution in [0.25, 0.3) is 0 Å². The summed E-state index contributed by atoms with van der Waals surface area (Å²) < 4.78 is 0. The Kier molecular flexibility index (Phi) is 6.42. The average Bonchev–Trinajstić information content (AvgIpc) is 2.62. The maximum absolute atomic E-state index is 11.8. The third-order valence-electron chi connectivity index (χ3n) is 3.23. The lowest BCUT2D eigenvalue weighted by Crippen LogP contribution is -2.25. The lowest BCUT2D eigenvalue weighted by Gasteiger charge is -2.08. The number of anilines is 3. The van der Waals surface area contributed by atoms with E-state index in [4.69, 9.17) is 5.26 Å². The highest BCUT2D eigenvalue weighted by Gasteiger charge is 2.07. The Morgan fingerprint density at radius 3 is 2.29 bits per heavy atom. The molecule has 2 rings (SSSR count). The number of para-hydroxylation sites is 1. The minimum atomic E-state index is -0.366. The largest absolute Gasteiger partial charge is 0.360 e. The van der Waals surface area contributed by atoms with Crippen molar-refractivity contribution in [2.24, 2.45) is 0 Å². The second-order valence-corrected chi connectivity index (χ2v) is 5.14. The van der Waals surface area contributed by atoms with Gasteiger partial charge in [0.25, 0.3) is 5.91 Å². The predicted octanol–water partition coefficient (Wildman–Crippen LogP) is 3.78. The Morgan fingerprint density at radius 1 is 1.04 bits per heavy atom.